The Hall–Kier alpha value is -4.07. The summed E-state index contributed by atoms with van der Waals surface area (Å²) in [6, 6.07) is 14.1. The zero-order valence-corrected chi connectivity index (χ0v) is 16.8. The smallest absolute Gasteiger partial charge is 0.325 e. The second-order valence-corrected chi connectivity index (χ2v) is 7.36. The minimum Gasteiger partial charge on any atom is -0.497 e. The van der Waals surface area contributed by atoms with Crippen LogP contribution in [0.3, 0.4) is 0 Å². The maximum Gasteiger partial charge on any atom is 0.325 e. The van der Waals surface area contributed by atoms with Gasteiger partial charge < -0.3 is 19.5 Å². The van der Waals surface area contributed by atoms with Gasteiger partial charge in [-0.15, -0.1) is 0 Å². The van der Waals surface area contributed by atoms with E-state index in [2.05, 4.69) is 15.3 Å². The highest BCUT2D eigenvalue weighted by atomic mass is 16.5. The van der Waals surface area contributed by atoms with Crippen molar-refractivity contribution in [2.45, 2.75) is 19.0 Å². The number of hydrogen-bond donors (Lipinski definition) is 2. The molecule has 3 amide bonds. The van der Waals surface area contributed by atoms with Gasteiger partial charge in [-0.05, 0) is 35.9 Å². The maximum atomic E-state index is 12.9. The molecule has 3 heterocycles. The van der Waals surface area contributed by atoms with Crippen LogP contribution in [0.2, 0.25) is 0 Å². The molecule has 1 atom stereocenters. The number of aromatic amines is 1. The molecule has 1 saturated heterocycles. The number of H-pyrrole nitrogens is 1. The van der Waals surface area contributed by atoms with Crippen LogP contribution in [0.15, 0.2) is 65.4 Å². The number of para-hydroxylation sites is 1. The summed E-state index contributed by atoms with van der Waals surface area (Å²) in [5.41, 5.74) is 3.27. The number of methoxy groups -OCH3 is 1. The predicted molar refractivity (Wildman–Crippen MR) is 113 cm³/mol. The van der Waals surface area contributed by atoms with Gasteiger partial charge in [0, 0.05) is 29.1 Å². The molecule has 0 bridgehead atoms. The summed E-state index contributed by atoms with van der Waals surface area (Å²) in [5.74, 6) is 0.875. The lowest BCUT2D eigenvalue weighted by Gasteiger charge is -2.11. The summed E-state index contributed by atoms with van der Waals surface area (Å²) >= 11 is 0. The van der Waals surface area contributed by atoms with Gasteiger partial charge in [0.1, 0.15) is 18.1 Å². The Bertz CT molecular complexity index is 1260. The number of ether oxygens (including phenoxy) is 1. The van der Waals surface area contributed by atoms with Gasteiger partial charge in [0.2, 0.25) is 5.89 Å². The maximum absolute atomic E-state index is 12.9. The highest BCUT2D eigenvalue weighted by Crippen LogP contribution is 2.24. The van der Waals surface area contributed by atoms with Gasteiger partial charge in [-0.2, -0.15) is 0 Å². The summed E-state index contributed by atoms with van der Waals surface area (Å²) in [6.45, 7) is 0.0503. The van der Waals surface area contributed by atoms with Crippen LogP contribution in [0.4, 0.5) is 4.79 Å². The fourth-order valence-electron chi connectivity index (χ4n) is 3.79. The molecule has 0 unspecified atom stereocenters. The van der Waals surface area contributed by atoms with Crippen molar-refractivity contribution in [1.82, 2.24) is 20.2 Å². The number of nitrogens with one attached hydrogen (secondary N) is 2. The molecule has 8 heteroatoms. The van der Waals surface area contributed by atoms with E-state index in [1.165, 1.54) is 11.2 Å². The Kier molecular flexibility index (Phi) is 4.66. The zero-order valence-electron chi connectivity index (χ0n) is 16.8. The Balaban J connectivity index is 1.29. The molecule has 4 aromatic rings. The van der Waals surface area contributed by atoms with Crippen LogP contribution in [0.1, 0.15) is 11.3 Å². The van der Waals surface area contributed by atoms with Crippen LogP contribution in [-0.2, 0) is 17.8 Å². The van der Waals surface area contributed by atoms with Crippen LogP contribution >= 0.6 is 0 Å². The first-order valence-electron chi connectivity index (χ1n) is 9.88. The van der Waals surface area contributed by atoms with E-state index in [-0.39, 0.29) is 12.5 Å². The van der Waals surface area contributed by atoms with Crippen molar-refractivity contribution in [2.24, 2.45) is 0 Å². The molecule has 1 fully saturated rings. The minimum absolute atomic E-state index is 0.0503. The summed E-state index contributed by atoms with van der Waals surface area (Å²) in [6.07, 6.45) is 3.76. The molecular formula is C23H20N4O4. The Morgan fingerprint density at radius 2 is 1.94 bits per heavy atom. The molecule has 0 spiro atoms. The largest absolute Gasteiger partial charge is 0.497 e. The van der Waals surface area contributed by atoms with Crippen molar-refractivity contribution in [3.63, 3.8) is 0 Å². The first-order chi connectivity index (χ1) is 15.1. The summed E-state index contributed by atoms with van der Waals surface area (Å²) < 4.78 is 10.7. The van der Waals surface area contributed by atoms with Gasteiger partial charge in [0.05, 0.1) is 19.3 Å². The van der Waals surface area contributed by atoms with Crippen LogP contribution in [0.25, 0.3) is 22.4 Å². The quantitative estimate of drug-likeness (QED) is 0.469. The number of carbonyl (C=O) groups excluding carboxylic acids is 2. The molecular weight excluding hydrogens is 396 g/mol. The molecule has 2 aromatic carbocycles. The van der Waals surface area contributed by atoms with E-state index in [1.807, 2.05) is 54.7 Å². The monoisotopic (exact) mass is 416 g/mol. The first-order valence-corrected chi connectivity index (χ1v) is 9.88. The number of hydrogen-bond acceptors (Lipinski definition) is 5. The summed E-state index contributed by atoms with van der Waals surface area (Å²) in [5, 5.41) is 3.82. The lowest BCUT2D eigenvalue weighted by atomic mass is 10.1. The van der Waals surface area contributed by atoms with Gasteiger partial charge in [-0.1, -0.05) is 18.2 Å². The van der Waals surface area contributed by atoms with Gasteiger partial charge in [0.25, 0.3) is 5.91 Å². The number of urea groups is 1. The highest BCUT2D eigenvalue weighted by molar-refractivity contribution is 6.04. The fourth-order valence-corrected chi connectivity index (χ4v) is 3.79. The Morgan fingerprint density at radius 3 is 2.74 bits per heavy atom. The van der Waals surface area contributed by atoms with Crippen LogP contribution < -0.4 is 10.1 Å². The molecule has 1 aliphatic heterocycles. The van der Waals surface area contributed by atoms with E-state index >= 15 is 0 Å². The van der Waals surface area contributed by atoms with Gasteiger partial charge >= 0.3 is 6.03 Å². The number of benzene rings is 2. The average Bonchev–Trinajstić information content (AvgIpc) is 3.50. The lowest BCUT2D eigenvalue weighted by molar-refractivity contribution is -0.127. The van der Waals surface area contributed by atoms with E-state index in [0.29, 0.717) is 18.0 Å². The Morgan fingerprint density at radius 1 is 1.13 bits per heavy atom. The van der Waals surface area contributed by atoms with Gasteiger partial charge in [-0.25, -0.2) is 9.78 Å². The number of aromatic nitrogens is 2. The van der Waals surface area contributed by atoms with Gasteiger partial charge in [0.15, 0.2) is 0 Å². The molecule has 8 nitrogen and oxygen atoms in total. The van der Waals surface area contributed by atoms with E-state index in [9.17, 15) is 9.59 Å². The van der Waals surface area contributed by atoms with Crippen molar-refractivity contribution >= 4 is 22.8 Å². The van der Waals surface area contributed by atoms with Crippen molar-refractivity contribution in [2.75, 3.05) is 7.11 Å². The normalized spacial score (nSPS) is 16.2. The SMILES string of the molecule is COc1ccc(-c2nc(CN3C(=O)N[C@H](Cc4c[nH]c5ccccc45)C3=O)co2)cc1. The summed E-state index contributed by atoms with van der Waals surface area (Å²) in [4.78, 5) is 34.1. The second kappa shape index (κ2) is 7.64. The van der Waals surface area contributed by atoms with Crippen LogP contribution in [-0.4, -0.2) is 40.0 Å². The van der Waals surface area contributed by atoms with Crippen LogP contribution in [0, 0.1) is 0 Å². The second-order valence-electron chi connectivity index (χ2n) is 7.36. The number of fused-ring (bicyclic) bond motifs is 1. The van der Waals surface area contributed by atoms with Gasteiger partial charge in [-0.3, -0.25) is 9.69 Å². The van der Waals surface area contributed by atoms with Crippen molar-refractivity contribution < 1.29 is 18.7 Å². The predicted octanol–water partition coefficient (Wildman–Crippen LogP) is 3.49. The van der Waals surface area contributed by atoms with Crippen LogP contribution in [0.5, 0.6) is 5.75 Å². The van der Waals surface area contributed by atoms with E-state index < -0.39 is 12.1 Å². The van der Waals surface area contributed by atoms with Crippen molar-refractivity contribution in [3.8, 4) is 17.2 Å². The zero-order chi connectivity index (χ0) is 21.4. The lowest BCUT2D eigenvalue weighted by Crippen LogP contribution is -2.32. The summed E-state index contributed by atoms with van der Waals surface area (Å²) in [7, 11) is 1.60. The van der Waals surface area contributed by atoms with Crippen molar-refractivity contribution in [1.29, 1.82) is 0 Å². The van der Waals surface area contributed by atoms with Crippen molar-refractivity contribution in [3.05, 3.63) is 72.2 Å². The number of oxazole rings is 1. The average molecular weight is 416 g/mol. The third-order valence-electron chi connectivity index (χ3n) is 5.41. The Labute approximate surface area is 177 Å². The molecule has 2 N–H and O–H groups in total. The molecule has 1 aliphatic rings. The molecule has 2 aromatic heterocycles. The number of nitrogens with zero attached hydrogens (tertiary/aromatic N) is 2. The highest BCUT2D eigenvalue weighted by Gasteiger charge is 2.38. The molecule has 0 aliphatic carbocycles. The molecule has 0 saturated carbocycles. The number of rotatable bonds is 6. The number of carbonyl (C=O) groups is 2. The minimum atomic E-state index is -0.611. The third kappa shape index (κ3) is 3.52. The third-order valence-corrected chi connectivity index (χ3v) is 5.41. The van der Waals surface area contributed by atoms with E-state index in [0.717, 1.165) is 27.8 Å². The molecule has 31 heavy (non-hydrogen) atoms. The number of amides is 3. The number of imide groups is 1. The van der Waals surface area contributed by atoms with E-state index in [4.69, 9.17) is 9.15 Å². The van der Waals surface area contributed by atoms with E-state index in [1.54, 1.807) is 7.11 Å². The molecule has 156 valence electrons. The fraction of sp³-hybridized carbons (Fsp3) is 0.174. The standard InChI is InChI=1S/C23H20N4O4/c1-30-17-8-6-14(7-9-17)21-25-16(13-31-21)12-27-22(28)20(26-23(27)29)10-15-11-24-19-5-3-2-4-18(15)19/h2-9,11,13,20,24H,10,12H2,1H3,(H,26,29)/t20-/m1/s1. The molecule has 0 radical (unpaired) electrons. The first kappa shape index (κ1) is 18.9. The molecule has 5 rings (SSSR count). The topological polar surface area (TPSA) is 100 Å².